The normalized spacial score (nSPS) is 20.7. The Hall–Kier alpha value is -1.95. The van der Waals surface area contributed by atoms with Crippen molar-refractivity contribution in [3.63, 3.8) is 0 Å². The summed E-state index contributed by atoms with van der Waals surface area (Å²) in [6.45, 7) is 9.60. The van der Waals surface area contributed by atoms with E-state index in [-0.39, 0.29) is 11.2 Å². The van der Waals surface area contributed by atoms with Gasteiger partial charge in [-0.25, -0.2) is 14.8 Å². The van der Waals surface area contributed by atoms with Crippen molar-refractivity contribution < 1.29 is 14.6 Å². The Labute approximate surface area is 124 Å². The smallest absolute Gasteiger partial charge is 0.328 e. The highest BCUT2D eigenvalue weighted by molar-refractivity contribution is 5.85. The minimum atomic E-state index is -0.990. The maximum absolute atomic E-state index is 10.5. The maximum Gasteiger partial charge on any atom is 0.328 e. The quantitative estimate of drug-likeness (QED) is 0.858. The number of carbonyl (C=O) groups is 1. The molecule has 0 aliphatic carbocycles. The van der Waals surface area contributed by atoms with Crippen molar-refractivity contribution in [3.8, 4) is 0 Å². The van der Waals surface area contributed by atoms with Crippen LogP contribution in [0.1, 0.15) is 33.3 Å². The number of aliphatic carboxylic acids is 1. The van der Waals surface area contributed by atoms with E-state index in [0.29, 0.717) is 24.6 Å². The summed E-state index contributed by atoms with van der Waals surface area (Å²) in [7, 11) is 0. The molecule has 0 bridgehead atoms. The van der Waals surface area contributed by atoms with Crippen LogP contribution in [-0.4, -0.2) is 45.3 Å². The predicted octanol–water partition coefficient (Wildman–Crippen LogP) is 1.97. The van der Waals surface area contributed by atoms with Gasteiger partial charge in [-0.3, -0.25) is 0 Å². The van der Waals surface area contributed by atoms with Crippen LogP contribution in [0, 0.1) is 0 Å². The Morgan fingerprint density at radius 2 is 1.76 bits per heavy atom. The number of hydrogen-bond acceptors (Lipinski definition) is 5. The standard InChI is InChI=1S/C15H21N3O3/c1-14(2)9-18(10-15(3,4)21-14)13-16-7-11(8-17-13)5-6-12(19)20/h5-8H,9-10H2,1-4H3,(H,19,20)/b6-5+. The predicted molar refractivity (Wildman–Crippen MR) is 80.2 cm³/mol. The molecule has 21 heavy (non-hydrogen) atoms. The second-order valence-corrected chi connectivity index (χ2v) is 6.47. The number of carboxylic acid groups (broad SMARTS) is 1. The number of rotatable bonds is 3. The van der Waals surface area contributed by atoms with Crippen LogP contribution in [0.2, 0.25) is 0 Å². The molecule has 0 saturated carbocycles. The first-order valence-electron chi connectivity index (χ1n) is 6.85. The van der Waals surface area contributed by atoms with Gasteiger partial charge in [0.15, 0.2) is 0 Å². The lowest BCUT2D eigenvalue weighted by atomic mass is 9.99. The van der Waals surface area contributed by atoms with Crippen molar-refractivity contribution in [1.82, 2.24) is 9.97 Å². The summed E-state index contributed by atoms with van der Waals surface area (Å²) in [6, 6.07) is 0. The van der Waals surface area contributed by atoms with Crippen LogP contribution in [0.3, 0.4) is 0 Å². The Bertz CT molecular complexity index is 534. The van der Waals surface area contributed by atoms with Gasteiger partial charge in [0.05, 0.1) is 11.2 Å². The molecule has 1 fully saturated rings. The molecule has 6 nitrogen and oxygen atoms in total. The third-order valence-corrected chi connectivity index (χ3v) is 3.06. The molecule has 0 aromatic carbocycles. The van der Waals surface area contributed by atoms with Crippen LogP contribution < -0.4 is 4.90 Å². The second-order valence-electron chi connectivity index (χ2n) is 6.47. The van der Waals surface area contributed by atoms with E-state index < -0.39 is 5.97 Å². The van der Waals surface area contributed by atoms with Crippen molar-refractivity contribution in [3.05, 3.63) is 24.0 Å². The lowest BCUT2D eigenvalue weighted by Gasteiger charge is -2.47. The molecule has 1 saturated heterocycles. The lowest BCUT2D eigenvalue weighted by Crippen LogP contribution is -2.57. The van der Waals surface area contributed by atoms with Crippen LogP contribution in [0.4, 0.5) is 5.95 Å². The fraction of sp³-hybridized carbons (Fsp3) is 0.533. The molecule has 2 rings (SSSR count). The van der Waals surface area contributed by atoms with E-state index in [9.17, 15) is 4.79 Å². The highest BCUT2D eigenvalue weighted by atomic mass is 16.5. The molecule has 2 heterocycles. The first kappa shape index (κ1) is 15.4. The third-order valence-electron chi connectivity index (χ3n) is 3.06. The minimum absolute atomic E-state index is 0.271. The molecule has 0 atom stereocenters. The van der Waals surface area contributed by atoms with Gasteiger partial charge in [-0.1, -0.05) is 0 Å². The van der Waals surface area contributed by atoms with Gasteiger partial charge >= 0.3 is 5.97 Å². The SMILES string of the molecule is CC1(C)CN(c2ncc(/C=C/C(=O)O)cn2)CC(C)(C)O1. The van der Waals surface area contributed by atoms with Gasteiger partial charge in [-0.15, -0.1) is 0 Å². The van der Waals surface area contributed by atoms with Crippen molar-refractivity contribution >= 4 is 18.0 Å². The largest absolute Gasteiger partial charge is 0.478 e. The van der Waals surface area contributed by atoms with Crippen LogP contribution in [0.15, 0.2) is 18.5 Å². The summed E-state index contributed by atoms with van der Waals surface area (Å²) < 4.78 is 6.03. The van der Waals surface area contributed by atoms with Gasteiger partial charge in [0.25, 0.3) is 0 Å². The molecule has 0 amide bonds. The molecule has 1 N–H and O–H groups in total. The van der Waals surface area contributed by atoms with E-state index in [4.69, 9.17) is 9.84 Å². The third kappa shape index (κ3) is 4.26. The summed E-state index contributed by atoms with van der Waals surface area (Å²) in [5.41, 5.74) is 0.118. The van der Waals surface area contributed by atoms with E-state index >= 15 is 0 Å². The Morgan fingerprint density at radius 3 is 2.24 bits per heavy atom. The Kier molecular flexibility index (Phi) is 4.00. The summed E-state index contributed by atoms with van der Waals surface area (Å²) in [5, 5.41) is 8.60. The highest BCUT2D eigenvalue weighted by Crippen LogP contribution is 2.29. The molecule has 114 valence electrons. The number of morpholine rings is 1. The summed E-state index contributed by atoms with van der Waals surface area (Å²) in [5.74, 6) is -0.359. The van der Waals surface area contributed by atoms with Crippen molar-refractivity contribution in [1.29, 1.82) is 0 Å². The first-order valence-corrected chi connectivity index (χ1v) is 6.85. The number of ether oxygens (including phenoxy) is 1. The van der Waals surface area contributed by atoms with Gasteiger partial charge in [0, 0.05) is 37.1 Å². The minimum Gasteiger partial charge on any atom is -0.478 e. The molecular weight excluding hydrogens is 270 g/mol. The van der Waals surface area contributed by atoms with Crippen molar-refractivity contribution in [2.45, 2.75) is 38.9 Å². The number of nitrogens with zero attached hydrogens (tertiary/aromatic N) is 3. The number of hydrogen-bond donors (Lipinski definition) is 1. The van der Waals surface area contributed by atoms with Crippen molar-refractivity contribution in [2.24, 2.45) is 0 Å². The highest BCUT2D eigenvalue weighted by Gasteiger charge is 2.38. The molecule has 0 radical (unpaired) electrons. The summed E-state index contributed by atoms with van der Waals surface area (Å²) in [6.07, 6.45) is 5.78. The van der Waals surface area contributed by atoms with Crippen LogP contribution in [0.5, 0.6) is 0 Å². The number of aromatic nitrogens is 2. The molecule has 0 unspecified atom stereocenters. The Balaban J connectivity index is 2.16. The fourth-order valence-electron chi connectivity index (χ4n) is 2.68. The van der Waals surface area contributed by atoms with Crippen LogP contribution >= 0.6 is 0 Å². The van der Waals surface area contributed by atoms with Gasteiger partial charge in [-0.2, -0.15) is 0 Å². The lowest BCUT2D eigenvalue weighted by molar-refractivity contribution is -0.133. The van der Waals surface area contributed by atoms with E-state index in [1.807, 2.05) is 27.7 Å². The number of carboxylic acids is 1. The fourth-order valence-corrected chi connectivity index (χ4v) is 2.68. The van der Waals surface area contributed by atoms with E-state index in [1.54, 1.807) is 12.4 Å². The Morgan fingerprint density at radius 1 is 1.24 bits per heavy atom. The van der Waals surface area contributed by atoms with Crippen LogP contribution in [-0.2, 0) is 9.53 Å². The van der Waals surface area contributed by atoms with Gasteiger partial charge in [0.2, 0.25) is 5.95 Å². The van der Waals surface area contributed by atoms with Crippen LogP contribution in [0.25, 0.3) is 6.08 Å². The zero-order valence-corrected chi connectivity index (χ0v) is 12.8. The molecule has 6 heteroatoms. The average Bonchev–Trinajstić information content (AvgIpc) is 2.33. The molecule has 0 spiro atoms. The van der Waals surface area contributed by atoms with Gasteiger partial charge in [-0.05, 0) is 33.8 Å². The van der Waals surface area contributed by atoms with E-state index in [2.05, 4.69) is 14.9 Å². The summed E-state index contributed by atoms with van der Waals surface area (Å²) in [4.78, 5) is 21.2. The molecule has 1 aromatic rings. The number of anilines is 1. The first-order chi connectivity index (χ1) is 9.67. The molecular formula is C15H21N3O3. The maximum atomic E-state index is 10.5. The van der Waals surface area contributed by atoms with E-state index in [0.717, 1.165) is 6.08 Å². The molecule has 1 aromatic heterocycles. The summed E-state index contributed by atoms with van der Waals surface area (Å²) >= 11 is 0. The second kappa shape index (κ2) is 5.44. The topological polar surface area (TPSA) is 75.6 Å². The zero-order chi connectivity index (χ0) is 15.7. The average molecular weight is 291 g/mol. The van der Waals surface area contributed by atoms with Gasteiger partial charge < -0.3 is 14.7 Å². The zero-order valence-electron chi connectivity index (χ0n) is 12.8. The molecule has 1 aliphatic rings. The monoisotopic (exact) mass is 291 g/mol. The molecule has 1 aliphatic heterocycles. The van der Waals surface area contributed by atoms with Crippen molar-refractivity contribution in [2.75, 3.05) is 18.0 Å². The van der Waals surface area contributed by atoms with E-state index in [1.165, 1.54) is 6.08 Å². The van der Waals surface area contributed by atoms with Gasteiger partial charge in [0.1, 0.15) is 0 Å².